The molecule has 1 aliphatic carbocycles. The lowest BCUT2D eigenvalue weighted by Gasteiger charge is -2.53. The van der Waals surface area contributed by atoms with E-state index in [1.807, 2.05) is 13.8 Å². The highest BCUT2D eigenvalue weighted by atomic mass is 16.8. The van der Waals surface area contributed by atoms with Gasteiger partial charge in [-0.25, -0.2) is 0 Å². The summed E-state index contributed by atoms with van der Waals surface area (Å²) in [6, 6.07) is 0. The molecule has 1 aliphatic heterocycles. The van der Waals surface area contributed by atoms with Crippen LogP contribution in [0.4, 0.5) is 0 Å². The van der Waals surface area contributed by atoms with E-state index < -0.39 is 11.6 Å². The molecule has 0 aromatic rings. The fraction of sp³-hybridized carbons (Fsp3) is 1.00. The van der Waals surface area contributed by atoms with Gasteiger partial charge in [-0.05, 0) is 26.7 Å². The molecule has 0 amide bonds. The van der Waals surface area contributed by atoms with Crippen LogP contribution in [0.25, 0.3) is 0 Å². The highest BCUT2D eigenvalue weighted by molar-refractivity contribution is 4.92. The molecule has 1 saturated carbocycles. The molecule has 4 heteroatoms. The number of fused-ring (bicyclic) bond motifs is 1. The van der Waals surface area contributed by atoms with Crippen molar-refractivity contribution in [3.05, 3.63) is 0 Å². The fourth-order valence-electron chi connectivity index (χ4n) is 2.59. The van der Waals surface area contributed by atoms with E-state index in [2.05, 4.69) is 0 Å². The molecule has 2 rings (SSSR count). The molecule has 0 spiro atoms. The van der Waals surface area contributed by atoms with Gasteiger partial charge in [-0.3, -0.25) is 0 Å². The second-order valence-corrected chi connectivity index (χ2v) is 4.90. The van der Waals surface area contributed by atoms with Crippen LogP contribution in [0, 0.1) is 0 Å². The van der Waals surface area contributed by atoms with Gasteiger partial charge in [-0.15, -0.1) is 0 Å². The standard InChI is InChI=1S/C12H22O4/c1-11(13-3)12(2,14-4)16-10-8-6-5-7-9(10)15-11/h9-10H,5-8H2,1-4H3/t9-,10-,11-,12-/m0/s1. The lowest BCUT2D eigenvalue weighted by Crippen LogP contribution is -2.65. The molecule has 4 atom stereocenters. The molecule has 1 saturated heterocycles. The maximum Gasteiger partial charge on any atom is 0.220 e. The summed E-state index contributed by atoms with van der Waals surface area (Å²) in [6.45, 7) is 3.75. The van der Waals surface area contributed by atoms with Crippen molar-refractivity contribution < 1.29 is 18.9 Å². The summed E-state index contributed by atoms with van der Waals surface area (Å²) in [5.74, 6) is -1.67. The molecule has 2 aliphatic rings. The molecule has 0 unspecified atom stereocenters. The Labute approximate surface area is 97.2 Å². The summed E-state index contributed by atoms with van der Waals surface area (Å²) in [6.07, 6.45) is 4.78. The molecule has 4 nitrogen and oxygen atoms in total. The zero-order chi connectivity index (χ0) is 11.8. The number of hydrogen-bond donors (Lipinski definition) is 0. The highest BCUT2D eigenvalue weighted by Crippen LogP contribution is 2.42. The maximum atomic E-state index is 6.06. The van der Waals surface area contributed by atoms with Gasteiger partial charge in [-0.2, -0.15) is 0 Å². The molecular weight excluding hydrogens is 208 g/mol. The Morgan fingerprint density at radius 1 is 0.875 bits per heavy atom. The molecule has 0 N–H and O–H groups in total. The van der Waals surface area contributed by atoms with Gasteiger partial charge in [0.15, 0.2) is 0 Å². The van der Waals surface area contributed by atoms with Crippen LogP contribution in [-0.2, 0) is 18.9 Å². The molecule has 0 aromatic carbocycles. The summed E-state index contributed by atoms with van der Waals surface area (Å²) >= 11 is 0. The van der Waals surface area contributed by atoms with Crippen LogP contribution >= 0.6 is 0 Å². The number of methoxy groups -OCH3 is 2. The molecule has 0 radical (unpaired) electrons. The third kappa shape index (κ3) is 1.78. The molecule has 94 valence electrons. The summed E-state index contributed by atoms with van der Waals surface area (Å²) < 4.78 is 23.0. The summed E-state index contributed by atoms with van der Waals surface area (Å²) in [4.78, 5) is 0. The Balaban J connectivity index is 2.20. The van der Waals surface area contributed by atoms with E-state index in [1.165, 1.54) is 12.8 Å². The van der Waals surface area contributed by atoms with E-state index in [0.717, 1.165) is 12.8 Å². The van der Waals surface area contributed by atoms with Crippen molar-refractivity contribution in [3.63, 3.8) is 0 Å². The molecular formula is C12H22O4. The number of hydrogen-bond acceptors (Lipinski definition) is 4. The minimum Gasteiger partial charge on any atom is -0.349 e. The Morgan fingerprint density at radius 3 is 1.56 bits per heavy atom. The molecule has 2 fully saturated rings. The topological polar surface area (TPSA) is 36.9 Å². The fourth-order valence-corrected chi connectivity index (χ4v) is 2.59. The highest BCUT2D eigenvalue weighted by Gasteiger charge is 2.56. The van der Waals surface area contributed by atoms with Crippen LogP contribution < -0.4 is 0 Å². The molecule has 0 bridgehead atoms. The zero-order valence-electron chi connectivity index (χ0n) is 10.6. The maximum absolute atomic E-state index is 6.06. The number of rotatable bonds is 2. The van der Waals surface area contributed by atoms with Crippen molar-refractivity contribution in [3.8, 4) is 0 Å². The average Bonchev–Trinajstić information content (AvgIpc) is 2.30. The SMILES string of the molecule is CO[C@@]1(C)O[C@H]2CCCC[C@@H]2O[C@]1(C)OC. The van der Waals surface area contributed by atoms with Crippen molar-refractivity contribution >= 4 is 0 Å². The van der Waals surface area contributed by atoms with Crippen molar-refractivity contribution in [2.24, 2.45) is 0 Å². The van der Waals surface area contributed by atoms with E-state index in [4.69, 9.17) is 18.9 Å². The first kappa shape index (κ1) is 12.3. The van der Waals surface area contributed by atoms with Gasteiger partial charge in [0.25, 0.3) is 0 Å². The monoisotopic (exact) mass is 230 g/mol. The predicted molar refractivity (Wildman–Crippen MR) is 59.0 cm³/mol. The average molecular weight is 230 g/mol. The first-order valence-electron chi connectivity index (χ1n) is 6.00. The lowest BCUT2D eigenvalue weighted by molar-refractivity contribution is -0.450. The Kier molecular flexibility index (Phi) is 3.27. The minimum absolute atomic E-state index is 0.141. The molecule has 1 heterocycles. The largest absolute Gasteiger partial charge is 0.349 e. The third-order valence-corrected chi connectivity index (χ3v) is 4.00. The van der Waals surface area contributed by atoms with Crippen molar-refractivity contribution in [1.82, 2.24) is 0 Å². The Hall–Kier alpha value is -0.160. The van der Waals surface area contributed by atoms with Gasteiger partial charge in [0.2, 0.25) is 11.6 Å². The zero-order valence-corrected chi connectivity index (χ0v) is 10.6. The van der Waals surface area contributed by atoms with Gasteiger partial charge in [0.05, 0.1) is 12.2 Å². The van der Waals surface area contributed by atoms with Gasteiger partial charge >= 0.3 is 0 Å². The van der Waals surface area contributed by atoms with Gasteiger partial charge in [0, 0.05) is 14.2 Å². The predicted octanol–water partition coefficient (Wildman–Crippen LogP) is 2.07. The minimum atomic E-state index is -0.833. The van der Waals surface area contributed by atoms with Crippen molar-refractivity contribution in [2.75, 3.05) is 14.2 Å². The van der Waals surface area contributed by atoms with Crippen LogP contribution in [-0.4, -0.2) is 38.0 Å². The summed E-state index contributed by atoms with van der Waals surface area (Å²) in [5, 5.41) is 0. The third-order valence-electron chi connectivity index (χ3n) is 4.00. The van der Waals surface area contributed by atoms with Crippen LogP contribution in [0.5, 0.6) is 0 Å². The number of ether oxygens (including phenoxy) is 4. The van der Waals surface area contributed by atoms with Gasteiger partial charge in [-0.1, -0.05) is 12.8 Å². The quantitative estimate of drug-likeness (QED) is 0.727. The van der Waals surface area contributed by atoms with E-state index in [9.17, 15) is 0 Å². The van der Waals surface area contributed by atoms with Crippen LogP contribution in [0.15, 0.2) is 0 Å². The smallest absolute Gasteiger partial charge is 0.220 e. The van der Waals surface area contributed by atoms with Crippen molar-refractivity contribution in [2.45, 2.75) is 63.3 Å². The first-order valence-corrected chi connectivity index (χ1v) is 6.00. The van der Waals surface area contributed by atoms with Gasteiger partial charge < -0.3 is 18.9 Å². The summed E-state index contributed by atoms with van der Waals surface area (Å²) in [7, 11) is 3.26. The van der Waals surface area contributed by atoms with E-state index in [1.54, 1.807) is 14.2 Å². The second kappa shape index (κ2) is 4.26. The molecule has 0 aromatic heterocycles. The van der Waals surface area contributed by atoms with E-state index in [0.29, 0.717) is 0 Å². The van der Waals surface area contributed by atoms with E-state index in [-0.39, 0.29) is 12.2 Å². The van der Waals surface area contributed by atoms with Crippen LogP contribution in [0.3, 0.4) is 0 Å². The van der Waals surface area contributed by atoms with Crippen LogP contribution in [0.1, 0.15) is 39.5 Å². The normalized spacial score (nSPS) is 48.8. The van der Waals surface area contributed by atoms with Crippen molar-refractivity contribution in [1.29, 1.82) is 0 Å². The van der Waals surface area contributed by atoms with Crippen LogP contribution in [0.2, 0.25) is 0 Å². The molecule has 16 heavy (non-hydrogen) atoms. The van der Waals surface area contributed by atoms with Gasteiger partial charge in [0.1, 0.15) is 0 Å². The van der Waals surface area contributed by atoms with E-state index >= 15 is 0 Å². The second-order valence-electron chi connectivity index (χ2n) is 4.90. The Bertz CT molecular complexity index is 231. The summed E-state index contributed by atoms with van der Waals surface area (Å²) in [5.41, 5.74) is 0. The Morgan fingerprint density at radius 2 is 1.25 bits per heavy atom. The lowest BCUT2D eigenvalue weighted by atomic mass is 9.91. The first-order chi connectivity index (χ1) is 7.54.